The van der Waals surface area contributed by atoms with Crippen LogP contribution in [0.1, 0.15) is 30.6 Å². The van der Waals surface area contributed by atoms with Crippen molar-refractivity contribution in [3.63, 3.8) is 0 Å². The van der Waals surface area contributed by atoms with Crippen LogP contribution in [0.15, 0.2) is 27.8 Å². The van der Waals surface area contributed by atoms with Crippen LogP contribution in [0, 0.1) is 11.3 Å². The number of aromatic nitrogens is 2. The summed E-state index contributed by atoms with van der Waals surface area (Å²) >= 11 is 0. The lowest BCUT2D eigenvalue weighted by Crippen LogP contribution is -2.29. The zero-order chi connectivity index (χ0) is 13.8. The fourth-order valence-corrected chi connectivity index (χ4v) is 2.38. The van der Waals surface area contributed by atoms with Crippen LogP contribution in [0.5, 0.6) is 0 Å². The average Bonchev–Trinajstić information content (AvgIpc) is 2.98. The smallest absolute Gasteiger partial charge is 0.314 e. The number of carbonyl (C=O) groups excluding carboxylic acids is 1. The SMILES string of the molecule is CC1(C)CC1C(=O)c1ccc2[nH]c(=O)c(=O)[nH]c2c1. The third-order valence-corrected chi connectivity index (χ3v) is 3.84. The quantitative estimate of drug-likeness (QED) is 0.631. The summed E-state index contributed by atoms with van der Waals surface area (Å²) in [5.41, 5.74) is 0.263. The first-order valence-electron chi connectivity index (χ1n) is 6.19. The van der Waals surface area contributed by atoms with Crippen molar-refractivity contribution < 1.29 is 4.79 Å². The van der Waals surface area contributed by atoms with Crippen LogP contribution in [0.25, 0.3) is 11.0 Å². The summed E-state index contributed by atoms with van der Waals surface area (Å²) < 4.78 is 0. The second kappa shape index (κ2) is 3.66. The molecule has 2 N–H and O–H groups in total. The van der Waals surface area contributed by atoms with Gasteiger partial charge in [0.15, 0.2) is 5.78 Å². The van der Waals surface area contributed by atoms with Crippen LogP contribution in [-0.4, -0.2) is 15.8 Å². The van der Waals surface area contributed by atoms with E-state index in [1.807, 2.05) is 0 Å². The molecule has 5 nitrogen and oxygen atoms in total. The summed E-state index contributed by atoms with van der Waals surface area (Å²) in [6, 6.07) is 4.96. The van der Waals surface area contributed by atoms with Gasteiger partial charge in [-0.25, -0.2) is 0 Å². The van der Waals surface area contributed by atoms with Crippen molar-refractivity contribution in [1.29, 1.82) is 0 Å². The first kappa shape index (κ1) is 11.9. The van der Waals surface area contributed by atoms with Crippen molar-refractivity contribution in [2.24, 2.45) is 11.3 Å². The summed E-state index contributed by atoms with van der Waals surface area (Å²) in [4.78, 5) is 39.7. The molecule has 1 unspecified atom stereocenters. The second-order valence-electron chi connectivity index (χ2n) is 5.78. The third-order valence-electron chi connectivity index (χ3n) is 3.84. The van der Waals surface area contributed by atoms with Gasteiger partial charge in [-0.05, 0) is 30.0 Å². The highest BCUT2D eigenvalue weighted by molar-refractivity contribution is 6.02. The Bertz CT molecular complexity index is 798. The molecule has 1 aromatic heterocycles. The maximum atomic E-state index is 12.3. The lowest BCUT2D eigenvalue weighted by atomic mass is 10.0. The molecule has 1 aromatic carbocycles. The average molecular weight is 258 g/mol. The van der Waals surface area contributed by atoms with E-state index in [9.17, 15) is 14.4 Å². The maximum absolute atomic E-state index is 12.3. The number of rotatable bonds is 2. The highest BCUT2D eigenvalue weighted by Crippen LogP contribution is 2.53. The second-order valence-corrected chi connectivity index (χ2v) is 5.78. The fourth-order valence-electron chi connectivity index (χ4n) is 2.38. The molecule has 0 amide bonds. The molecule has 3 rings (SSSR count). The molecule has 1 fully saturated rings. The Hall–Kier alpha value is -2.17. The summed E-state index contributed by atoms with van der Waals surface area (Å²) in [7, 11) is 0. The molecule has 1 aliphatic rings. The minimum Gasteiger partial charge on any atom is -0.316 e. The van der Waals surface area contributed by atoms with E-state index in [1.165, 1.54) is 0 Å². The van der Waals surface area contributed by atoms with E-state index in [4.69, 9.17) is 0 Å². The molecule has 0 saturated heterocycles. The Morgan fingerprint density at radius 1 is 1.16 bits per heavy atom. The van der Waals surface area contributed by atoms with Gasteiger partial charge in [-0.1, -0.05) is 13.8 Å². The Kier molecular flexibility index (Phi) is 2.29. The summed E-state index contributed by atoms with van der Waals surface area (Å²) in [6.07, 6.45) is 0.895. The largest absolute Gasteiger partial charge is 0.316 e. The first-order chi connectivity index (χ1) is 8.88. The lowest BCUT2D eigenvalue weighted by molar-refractivity contribution is 0.0953. The van der Waals surface area contributed by atoms with Crippen molar-refractivity contribution >= 4 is 16.8 Å². The van der Waals surface area contributed by atoms with Gasteiger partial charge in [0.2, 0.25) is 0 Å². The molecule has 0 radical (unpaired) electrons. The molecule has 1 aliphatic carbocycles. The van der Waals surface area contributed by atoms with Crippen molar-refractivity contribution in [3.8, 4) is 0 Å². The van der Waals surface area contributed by atoms with E-state index in [-0.39, 0.29) is 17.1 Å². The number of fused-ring (bicyclic) bond motifs is 1. The van der Waals surface area contributed by atoms with E-state index in [2.05, 4.69) is 23.8 Å². The van der Waals surface area contributed by atoms with Gasteiger partial charge in [0.05, 0.1) is 11.0 Å². The van der Waals surface area contributed by atoms with Crippen molar-refractivity contribution in [2.75, 3.05) is 0 Å². The lowest BCUT2D eigenvalue weighted by Gasteiger charge is -2.04. The van der Waals surface area contributed by atoms with Crippen LogP contribution in [0.3, 0.4) is 0 Å². The zero-order valence-corrected chi connectivity index (χ0v) is 10.7. The zero-order valence-electron chi connectivity index (χ0n) is 10.7. The summed E-state index contributed by atoms with van der Waals surface area (Å²) in [5.74, 6) is 0.151. The number of Topliss-reactive ketones (excluding diaryl/α,β-unsaturated/α-hetero) is 1. The molecule has 1 atom stereocenters. The predicted octanol–water partition coefficient (Wildman–Crippen LogP) is 1.45. The summed E-state index contributed by atoms with van der Waals surface area (Å²) in [6.45, 7) is 4.13. The molecular formula is C14H14N2O3. The number of aromatic amines is 2. The maximum Gasteiger partial charge on any atom is 0.314 e. The van der Waals surface area contributed by atoms with Gasteiger partial charge in [-0.2, -0.15) is 0 Å². The number of carbonyl (C=O) groups is 1. The third kappa shape index (κ3) is 1.91. The first-order valence-corrected chi connectivity index (χ1v) is 6.19. The number of hydrogen-bond donors (Lipinski definition) is 2. The summed E-state index contributed by atoms with van der Waals surface area (Å²) in [5, 5.41) is 0. The van der Waals surface area contributed by atoms with Gasteiger partial charge in [0.25, 0.3) is 0 Å². The van der Waals surface area contributed by atoms with Crippen LogP contribution < -0.4 is 11.1 Å². The number of nitrogens with one attached hydrogen (secondary N) is 2. The monoisotopic (exact) mass is 258 g/mol. The van der Waals surface area contributed by atoms with Crippen LogP contribution >= 0.6 is 0 Å². The molecular weight excluding hydrogens is 244 g/mol. The van der Waals surface area contributed by atoms with Crippen molar-refractivity contribution in [2.45, 2.75) is 20.3 Å². The van der Waals surface area contributed by atoms with E-state index in [0.29, 0.717) is 16.6 Å². The van der Waals surface area contributed by atoms with E-state index in [1.54, 1.807) is 18.2 Å². The van der Waals surface area contributed by atoms with Crippen LogP contribution in [-0.2, 0) is 0 Å². The topological polar surface area (TPSA) is 82.8 Å². The molecule has 0 aliphatic heterocycles. The highest BCUT2D eigenvalue weighted by atomic mass is 16.2. The molecule has 5 heteroatoms. The Morgan fingerprint density at radius 3 is 2.32 bits per heavy atom. The molecule has 2 aromatic rings. The molecule has 0 bridgehead atoms. The molecule has 0 spiro atoms. The highest BCUT2D eigenvalue weighted by Gasteiger charge is 2.50. The minimum atomic E-state index is -0.705. The van der Waals surface area contributed by atoms with Gasteiger partial charge < -0.3 is 9.97 Å². The van der Waals surface area contributed by atoms with Gasteiger partial charge in [0, 0.05) is 11.5 Å². The van der Waals surface area contributed by atoms with Crippen LogP contribution in [0.2, 0.25) is 0 Å². The molecule has 19 heavy (non-hydrogen) atoms. The molecule has 98 valence electrons. The number of H-pyrrole nitrogens is 2. The fraction of sp³-hybridized carbons (Fsp3) is 0.357. The Labute approximate surface area is 108 Å². The Balaban J connectivity index is 2.07. The number of hydrogen-bond acceptors (Lipinski definition) is 3. The van der Waals surface area contributed by atoms with E-state index >= 15 is 0 Å². The molecule has 1 heterocycles. The van der Waals surface area contributed by atoms with Crippen LogP contribution in [0.4, 0.5) is 0 Å². The van der Waals surface area contributed by atoms with Gasteiger partial charge in [-0.3, -0.25) is 14.4 Å². The van der Waals surface area contributed by atoms with Crippen molar-refractivity contribution in [1.82, 2.24) is 9.97 Å². The number of benzene rings is 1. The Morgan fingerprint density at radius 2 is 1.74 bits per heavy atom. The normalized spacial score (nSPS) is 20.4. The minimum absolute atomic E-state index is 0.0550. The van der Waals surface area contributed by atoms with Gasteiger partial charge in [-0.15, -0.1) is 0 Å². The van der Waals surface area contributed by atoms with Gasteiger partial charge >= 0.3 is 11.1 Å². The standard InChI is InChI=1S/C14H14N2O3/c1-14(2)6-8(14)11(17)7-3-4-9-10(5-7)16-13(19)12(18)15-9/h3-5,8H,6H2,1-2H3,(H,15,18)(H,16,19). The predicted molar refractivity (Wildman–Crippen MR) is 71.4 cm³/mol. The van der Waals surface area contributed by atoms with Gasteiger partial charge in [0.1, 0.15) is 0 Å². The molecule has 1 saturated carbocycles. The van der Waals surface area contributed by atoms with Crippen molar-refractivity contribution in [3.05, 3.63) is 44.5 Å². The number of ketones is 1. The van der Waals surface area contributed by atoms with E-state index < -0.39 is 11.1 Å². The van der Waals surface area contributed by atoms with E-state index in [0.717, 1.165) is 6.42 Å².